The molecular formula is C32H34N2O6. The van der Waals surface area contributed by atoms with Crippen LogP contribution in [0.3, 0.4) is 0 Å². The molecule has 0 amide bonds. The molecule has 0 radical (unpaired) electrons. The number of carbonyl (C=O) groups is 1. The predicted molar refractivity (Wildman–Crippen MR) is 151 cm³/mol. The van der Waals surface area contributed by atoms with Crippen molar-refractivity contribution < 1.29 is 28.5 Å². The maximum absolute atomic E-state index is 12.8. The Morgan fingerprint density at radius 3 is 2.40 bits per heavy atom. The number of rotatable bonds is 10. The van der Waals surface area contributed by atoms with Gasteiger partial charge in [-0.15, -0.1) is 0 Å². The molecule has 4 rings (SSSR count). The number of nitrogens with zero attached hydrogens (tertiary/aromatic N) is 1. The normalized spacial score (nSPS) is 15.0. The average Bonchev–Trinajstić information content (AvgIpc) is 2.95. The van der Waals surface area contributed by atoms with Gasteiger partial charge < -0.3 is 29.4 Å². The number of hydrogen-bond donors (Lipinski definition) is 1. The van der Waals surface area contributed by atoms with E-state index in [2.05, 4.69) is 26.8 Å². The molecule has 40 heavy (non-hydrogen) atoms. The third-order valence-corrected chi connectivity index (χ3v) is 6.48. The van der Waals surface area contributed by atoms with Crippen molar-refractivity contribution in [3.8, 4) is 34.8 Å². The van der Waals surface area contributed by atoms with Gasteiger partial charge in [-0.3, -0.25) is 0 Å². The molecule has 2 N–H and O–H groups in total. The van der Waals surface area contributed by atoms with E-state index < -0.39 is 18.0 Å². The molecule has 1 aliphatic rings. The van der Waals surface area contributed by atoms with Crippen LogP contribution in [-0.4, -0.2) is 25.8 Å². The van der Waals surface area contributed by atoms with Crippen LogP contribution >= 0.6 is 0 Å². The number of allylic oxidation sites excluding steroid dienone is 1. The Morgan fingerprint density at radius 2 is 1.75 bits per heavy atom. The number of methoxy groups -OCH3 is 1. The SMILES string of the molecule is CCc1ccc(OC(C)C(=O)Oc2ccc3c(c2)OC(N)=C(C#N)C3c2ccc(OCC(C)C)c(OC)c2)cc1. The fraction of sp³-hybridized carbons (Fsp3) is 0.312. The second kappa shape index (κ2) is 12.5. The van der Waals surface area contributed by atoms with Crippen molar-refractivity contribution in [3.63, 3.8) is 0 Å². The molecule has 0 fully saturated rings. The number of carbonyl (C=O) groups excluding carboxylic acids is 1. The third kappa shape index (κ3) is 6.32. The van der Waals surface area contributed by atoms with Gasteiger partial charge in [0.1, 0.15) is 28.9 Å². The van der Waals surface area contributed by atoms with E-state index in [-0.39, 0.29) is 17.2 Å². The number of ether oxygens (including phenoxy) is 5. The molecule has 0 aliphatic carbocycles. The quantitative estimate of drug-likeness (QED) is 0.249. The first-order valence-electron chi connectivity index (χ1n) is 13.2. The molecule has 0 saturated heterocycles. The van der Waals surface area contributed by atoms with E-state index in [0.29, 0.717) is 41.1 Å². The van der Waals surface area contributed by atoms with Gasteiger partial charge in [-0.25, -0.2) is 4.79 Å². The summed E-state index contributed by atoms with van der Waals surface area (Å²) in [5, 5.41) is 9.92. The molecule has 0 aromatic heterocycles. The van der Waals surface area contributed by atoms with E-state index in [4.69, 9.17) is 29.4 Å². The Labute approximate surface area is 234 Å². The highest BCUT2D eigenvalue weighted by Crippen LogP contribution is 2.45. The number of nitrogens with two attached hydrogens (primary N) is 1. The van der Waals surface area contributed by atoms with Crippen molar-refractivity contribution in [1.82, 2.24) is 0 Å². The second-order valence-electron chi connectivity index (χ2n) is 9.92. The summed E-state index contributed by atoms with van der Waals surface area (Å²) in [6, 6.07) is 20.3. The van der Waals surface area contributed by atoms with Crippen LogP contribution in [0.1, 0.15) is 50.3 Å². The lowest BCUT2D eigenvalue weighted by Crippen LogP contribution is -2.28. The minimum atomic E-state index is -0.837. The number of esters is 1. The monoisotopic (exact) mass is 542 g/mol. The third-order valence-electron chi connectivity index (χ3n) is 6.48. The van der Waals surface area contributed by atoms with Crippen molar-refractivity contribution in [2.45, 2.75) is 46.1 Å². The summed E-state index contributed by atoms with van der Waals surface area (Å²) < 4.78 is 28.6. The van der Waals surface area contributed by atoms with Gasteiger partial charge in [-0.1, -0.05) is 45.0 Å². The zero-order valence-corrected chi connectivity index (χ0v) is 23.4. The van der Waals surface area contributed by atoms with Crippen LogP contribution < -0.4 is 29.4 Å². The van der Waals surface area contributed by atoms with Crippen molar-refractivity contribution in [1.29, 1.82) is 5.26 Å². The van der Waals surface area contributed by atoms with E-state index in [9.17, 15) is 10.1 Å². The van der Waals surface area contributed by atoms with Crippen LogP contribution in [0, 0.1) is 17.2 Å². The smallest absolute Gasteiger partial charge is 0.352 e. The van der Waals surface area contributed by atoms with Crippen molar-refractivity contribution in [2.75, 3.05) is 13.7 Å². The average molecular weight is 543 g/mol. The molecule has 8 heteroatoms. The van der Waals surface area contributed by atoms with Crippen LogP contribution in [-0.2, 0) is 11.2 Å². The summed E-state index contributed by atoms with van der Waals surface area (Å²) in [7, 11) is 1.57. The van der Waals surface area contributed by atoms with E-state index in [1.165, 1.54) is 5.56 Å². The van der Waals surface area contributed by atoms with Gasteiger partial charge in [0.25, 0.3) is 0 Å². The minimum absolute atomic E-state index is 0.0187. The molecule has 3 aromatic carbocycles. The molecule has 0 bridgehead atoms. The van der Waals surface area contributed by atoms with Crippen LogP contribution in [0.4, 0.5) is 0 Å². The zero-order valence-electron chi connectivity index (χ0n) is 23.4. The zero-order chi connectivity index (χ0) is 28.8. The van der Waals surface area contributed by atoms with E-state index >= 15 is 0 Å². The first kappa shape index (κ1) is 28.4. The molecule has 2 unspecified atom stereocenters. The van der Waals surface area contributed by atoms with Crippen molar-refractivity contribution >= 4 is 5.97 Å². The summed E-state index contributed by atoms with van der Waals surface area (Å²) in [6.45, 7) is 8.38. The van der Waals surface area contributed by atoms with Crippen LogP contribution in [0.5, 0.6) is 28.7 Å². The number of fused-ring (bicyclic) bond motifs is 1. The van der Waals surface area contributed by atoms with Gasteiger partial charge in [-0.05, 0) is 60.7 Å². The number of nitriles is 1. The molecule has 2 atom stereocenters. The first-order chi connectivity index (χ1) is 19.2. The molecule has 208 valence electrons. The summed E-state index contributed by atoms with van der Waals surface area (Å²) >= 11 is 0. The molecule has 0 saturated carbocycles. The van der Waals surface area contributed by atoms with E-state index in [1.807, 2.05) is 42.5 Å². The Balaban J connectivity index is 1.57. The Hall–Kier alpha value is -4.64. The molecule has 3 aromatic rings. The Bertz CT molecular complexity index is 1440. The number of aryl methyl sites for hydroxylation is 1. The fourth-order valence-corrected chi connectivity index (χ4v) is 4.34. The van der Waals surface area contributed by atoms with Crippen molar-refractivity contribution in [2.24, 2.45) is 11.7 Å². The van der Waals surface area contributed by atoms with E-state index in [0.717, 1.165) is 12.0 Å². The van der Waals surface area contributed by atoms with Gasteiger partial charge in [0.05, 0.1) is 19.6 Å². The summed E-state index contributed by atoms with van der Waals surface area (Å²) in [5.41, 5.74) is 9.09. The van der Waals surface area contributed by atoms with Crippen LogP contribution in [0.25, 0.3) is 0 Å². The number of hydrogen-bond acceptors (Lipinski definition) is 8. The largest absolute Gasteiger partial charge is 0.493 e. The van der Waals surface area contributed by atoms with Gasteiger partial charge in [0.2, 0.25) is 5.88 Å². The standard InChI is InChI=1S/C32H34N2O6/c1-6-21-7-10-23(11-8-21)38-20(4)32(35)39-24-12-13-25-28(16-24)40-31(34)26(17-33)30(25)22-9-14-27(29(15-22)36-5)37-18-19(2)3/h7-16,19-20,30H,6,18,34H2,1-5H3. The molecule has 1 aliphatic heterocycles. The number of benzene rings is 3. The molecule has 8 nitrogen and oxygen atoms in total. The van der Waals surface area contributed by atoms with Crippen molar-refractivity contribution in [3.05, 3.63) is 88.8 Å². The highest BCUT2D eigenvalue weighted by Gasteiger charge is 2.32. The highest BCUT2D eigenvalue weighted by molar-refractivity contribution is 5.77. The minimum Gasteiger partial charge on any atom is -0.493 e. The maximum Gasteiger partial charge on any atom is 0.352 e. The second-order valence-corrected chi connectivity index (χ2v) is 9.92. The van der Waals surface area contributed by atoms with Gasteiger partial charge in [0, 0.05) is 11.6 Å². The Kier molecular flexibility index (Phi) is 8.85. The molecular weight excluding hydrogens is 508 g/mol. The van der Waals surface area contributed by atoms with Gasteiger partial charge in [-0.2, -0.15) is 5.26 Å². The Morgan fingerprint density at radius 1 is 1.02 bits per heavy atom. The fourth-order valence-electron chi connectivity index (χ4n) is 4.34. The summed E-state index contributed by atoms with van der Waals surface area (Å²) in [4.78, 5) is 12.8. The molecule has 1 heterocycles. The van der Waals surface area contributed by atoms with Crippen LogP contribution in [0.15, 0.2) is 72.1 Å². The summed E-state index contributed by atoms with van der Waals surface area (Å²) in [5.74, 6) is 1.65. The topological polar surface area (TPSA) is 113 Å². The lowest BCUT2D eigenvalue weighted by molar-refractivity contribution is -0.141. The lowest BCUT2D eigenvalue weighted by Gasteiger charge is -2.27. The lowest BCUT2D eigenvalue weighted by atomic mass is 9.83. The van der Waals surface area contributed by atoms with Crippen LogP contribution in [0.2, 0.25) is 0 Å². The maximum atomic E-state index is 12.8. The summed E-state index contributed by atoms with van der Waals surface area (Å²) in [6.07, 6.45) is 0.0801. The van der Waals surface area contributed by atoms with Gasteiger partial charge >= 0.3 is 5.97 Å². The van der Waals surface area contributed by atoms with E-state index in [1.54, 1.807) is 32.2 Å². The predicted octanol–water partition coefficient (Wildman–Crippen LogP) is 5.88. The first-order valence-corrected chi connectivity index (χ1v) is 13.2. The highest BCUT2D eigenvalue weighted by atomic mass is 16.6. The molecule has 0 spiro atoms. The van der Waals surface area contributed by atoms with Gasteiger partial charge in [0.15, 0.2) is 17.6 Å².